The van der Waals surface area contributed by atoms with Crippen molar-refractivity contribution in [1.82, 2.24) is 0 Å². The topological polar surface area (TPSA) is 78.9 Å². The highest BCUT2D eigenvalue weighted by Crippen LogP contribution is 2.20. The molecule has 0 saturated carbocycles. The first kappa shape index (κ1) is 78.4. The van der Waals surface area contributed by atoms with Crippen molar-refractivity contribution in [3.05, 3.63) is 0 Å². The number of carbonyl (C=O) groups excluding carboxylic acids is 3. The molecule has 0 radical (unpaired) electrons. The van der Waals surface area contributed by atoms with Gasteiger partial charge in [0.25, 0.3) is 0 Å². The van der Waals surface area contributed by atoms with Gasteiger partial charge in [0.2, 0.25) is 0 Å². The molecule has 0 saturated heterocycles. The maximum Gasteiger partial charge on any atom is 0.306 e. The second-order valence-corrected chi connectivity index (χ2v) is 25.6. The van der Waals surface area contributed by atoms with Crippen LogP contribution in [0.3, 0.4) is 0 Å². The van der Waals surface area contributed by atoms with Gasteiger partial charge in [-0.1, -0.05) is 400 Å². The smallest absolute Gasteiger partial charge is 0.306 e. The second-order valence-electron chi connectivity index (χ2n) is 25.6. The maximum absolute atomic E-state index is 12.9. The van der Waals surface area contributed by atoms with Crippen molar-refractivity contribution in [3.63, 3.8) is 0 Å². The van der Waals surface area contributed by atoms with E-state index in [9.17, 15) is 14.4 Å². The van der Waals surface area contributed by atoms with E-state index in [1.807, 2.05) is 0 Å². The lowest BCUT2D eigenvalue weighted by Gasteiger charge is -2.18. The third-order valence-corrected chi connectivity index (χ3v) is 17.4. The molecule has 0 aromatic heterocycles. The molecule has 0 amide bonds. The third-order valence-electron chi connectivity index (χ3n) is 17.4. The molecule has 0 fully saturated rings. The van der Waals surface area contributed by atoms with E-state index in [1.165, 1.54) is 340 Å². The molecule has 0 aliphatic rings. The summed E-state index contributed by atoms with van der Waals surface area (Å²) >= 11 is 0. The normalized spacial score (nSPS) is 11.9. The van der Waals surface area contributed by atoms with Crippen LogP contribution < -0.4 is 0 Å². The first-order valence-corrected chi connectivity index (χ1v) is 37.0. The molecule has 476 valence electrons. The summed E-state index contributed by atoms with van der Waals surface area (Å²) in [4.78, 5) is 38.4. The van der Waals surface area contributed by atoms with E-state index < -0.39 is 6.10 Å². The molecule has 6 heteroatoms. The van der Waals surface area contributed by atoms with Gasteiger partial charge < -0.3 is 14.2 Å². The molecule has 1 unspecified atom stereocenters. The van der Waals surface area contributed by atoms with Crippen LogP contribution in [0.2, 0.25) is 0 Å². The van der Waals surface area contributed by atoms with Crippen LogP contribution in [0.1, 0.15) is 438 Å². The molecular weight excluding hydrogens is 985 g/mol. The summed E-state index contributed by atoms with van der Waals surface area (Å²) in [6.07, 6.45) is 83.0. The van der Waals surface area contributed by atoms with E-state index in [0.717, 1.165) is 57.8 Å². The van der Waals surface area contributed by atoms with E-state index in [-0.39, 0.29) is 31.1 Å². The summed E-state index contributed by atoms with van der Waals surface area (Å²) < 4.78 is 17.0. The van der Waals surface area contributed by atoms with Gasteiger partial charge in [0.05, 0.1) is 0 Å². The van der Waals surface area contributed by atoms with Gasteiger partial charge in [0.15, 0.2) is 6.10 Å². The summed E-state index contributed by atoms with van der Waals surface area (Å²) in [6, 6.07) is 0. The average molecular weight is 1130 g/mol. The Balaban J connectivity index is 4.08. The Hall–Kier alpha value is -1.59. The molecule has 6 nitrogen and oxygen atoms in total. The van der Waals surface area contributed by atoms with Gasteiger partial charge in [-0.25, -0.2) is 0 Å². The van der Waals surface area contributed by atoms with Crippen LogP contribution in [0.4, 0.5) is 0 Å². The molecule has 1 atom stereocenters. The van der Waals surface area contributed by atoms with Gasteiger partial charge in [-0.3, -0.25) is 14.4 Å². The van der Waals surface area contributed by atoms with Gasteiger partial charge in [0, 0.05) is 19.3 Å². The Morgan fingerprint density at radius 2 is 0.338 bits per heavy atom. The van der Waals surface area contributed by atoms with Crippen molar-refractivity contribution < 1.29 is 28.6 Å². The average Bonchev–Trinajstić information content (AvgIpc) is 3.46. The van der Waals surface area contributed by atoms with Crippen LogP contribution in [0.15, 0.2) is 0 Å². The maximum atomic E-state index is 12.9. The van der Waals surface area contributed by atoms with Crippen molar-refractivity contribution in [2.45, 2.75) is 444 Å². The summed E-state index contributed by atoms with van der Waals surface area (Å²) in [5.41, 5.74) is 0. The quantitative estimate of drug-likeness (QED) is 0.0343. The Kier molecular flexibility index (Phi) is 68.5. The minimum Gasteiger partial charge on any atom is -0.462 e. The lowest BCUT2D eigenvalue weighted by Crippen LogP contribution is -2.30. The molecule has 0 spiro atoms. The van der Waals surface area contributed by atoms with E-state index in [0.29, 0.717) is 19.3 Å². The summed E-state index contributed by atoms with van der Waals surface area (Å²) in [5.74, 6) is -0.821. The highest BCUT2D eigenvalue weighted by molar-refractivity contribution is 5.71. The van der Waals surface area contributed by atoms with Gasteiger partial charge in [0.1, 0.15) is 13.2 Å². The Labute approximate surface area is 501 Å². The highest BCUT2D eigenvalue weighted by atomic mass is 16.6. The summed E-state index contributed by atoms with van der Waals surface area (Å²) in [5, 5.41) is 0. The van der Waals surface area contributed by atoms with Crippen LogP contribution in [0, 0.1) is 0 Å². The van der Waals surface area contributed by atoms with Crippen LogP contribution in [0.5, 0.6) is 0 Å². The molecule has 0 bridgehead atoms. The third kappa shape index (κ3) is 67.2. The van der Waals surface area contributed by atoms with Crippen molar-refractivity contribution in [2.24, 2.45) is 0 Å². The van der Waals surface area contributed by atoms with E-state index in [2.05, 4.69) is 20.8 Å². The van der Waals surface area contributed by atoms with Crippen LogP contribution in [0.25, 0.3) is 0 Å². The Morgan fingerprint density at radius 1 is 0.200 bits per heavy atom. The van der Waals surface area contributed by atoms with E-state index in [1.54, 1.807) is 0 Å². The first-order chi connectivity index (χ1) is 39.5. The van der Waals surface area contributed by atoms with Gasteiger partial charge in [-0.2, -0.15) is 0 Å². The zero-order valence-corrected chi connectivity index (χ0v) is 54.9. The lowest BCUT2D eigenvalue weighted by atomic mass is 10.0. The minimum absolute atomic E-state index is 0.0603. The first-order valence-electron chi connectivity index (χ1n) is 37.0. The number of carbonyl (C=O) groups is 3. The summed E-state index contributed by atoms with van der Waals surface area (Å²) in [7, 11) is 0. The summed E-state index contributed by atoms with van der Waals surface area (Å²) in [6.45, 7) is 6.74. The molecule has 0 aliphatic heterocycles. The number of rotatable bonds is 70. The zero-order valence-electron chi connectivity index (χ0n) is 54.9. The molecule has 0 rings (SSSR count). The van der Waals surface area contributed by atoms with Crippen molar-refractivity contribution in [3.8, 4) is 0 Å². The number of unbranched alkanes of at least 4 members (excludes halogenated alkanes) is 59. The molecule has 0 heterocycles. The van der Waals surface area contributed by atoms with Gasteiger partial charge in [-0.15, -0.1) is 0 Å². The molecule has 0 aromatic carbocycles. The molecule has 0 N–H and O–H groups in total. The van der Waals surface area contributed by atoms with Crippen LogP contribution in [-0.2, 0) is 28.6 Å². The second kappa shape index (κ2) is 69.9. The SMILES string of the molecule is CCCCCCCCCCCCCCCCCCCCCCCCCCCCCCCCC(=O)OCC(COC(=O)CCCCCCCCCCCCC)OC(=O)CCCCCCCCCCCCCCCCCCCCCCC. The Morgan fingerprint density at radius 3 is 0.500 bits per heavy atom. The lowest BCUT2D eigenvalue weighted by molar-refractivity contribution is -0.167. The zero-order chi connectivity index (χ0) is 57.8. The molecule has 0 aromatic rings. The van der Waals surface area contributed by atoms with Gasteiger partial charge in [-0.05, 0) is 19.3 Å². The van der Waals surface area contributed by atoms with Gasteiger partial charge >= 0.3 is 17.9 Å². The Bertz CT molecular complexity index is 1200. The van der Waals surface area contributed by atoms with Crippen molar-refractivity contribution in [2.75, 3.05) is 13.2 Å². The highest BCUT2D eigenvalue weighted by Gasteiger charge is 2.20. The minimum atomic E-state index is -0.763. The number of hydrogen-bond donors (Lipinski definition) is 0. The predicted octanol–water partition coefficient (Wildman–Crippen LogP) is 25.4. The largest absolute Gasteiger partial charge is 0.462 e. The fourth-order valence-electron chi connectivity index (χ4n) is 11.8. The van der Waals surface area contributed by atoms with Crippen LogP contribution >= 0.6 is 0 Å². The monoisotopic (exact) mass is 1130 g/mol. The van der Waals surface area contributed by atoms with Crippen molar-refractivity contribution >= 4 is 17.9 Å². The number of ether oxygens (including phenoxy) is 3. The van der Waals surface area contributed by atoms with Crippen LogP contribution in [-0.4, -0.2) is 37.2 Å². The molecule has 0 aliphatic carbocycles. The molecule has 80 heavy (non-hydrogen) atoms. The fourth-order valence-corrected chi connectivity index (χ4v) is 11.8. The standard InChI is InChI=1S/C74H144O6/c1-4-7-10-13-16-19-22-24-26-28-30-32-33-34-35-36-37-38-39-40-42-43-45-47-49-52-55-58-61-64-67-73(76)79-70-71(69-78-72(75)66-63-60-57-54-51-21-18-15-12-9-6-3)80-74(77)68-65-62-59-56-53-50-48-46-44-41-31-29-27-25-23-20-17-14-11-8-5-2/h71H,4-70H2,1-3H3. The van der Waals surface area contributed by atoms with E-state index >= 15 is 0 Å². The van der Waals surface area contributed by atoms with Crippen molar-refractivity contribution in [1.29, 1.82) is 0 Å². The fraction of sp³-hybridized carbons (Fsp3) is 0.959. The predicted molar refractivity (Wildman–Crippen MR) is 349 cm³/mol. The number of hydrogen-bond acceptors (Lipinski definition) is 6. The van der Waals surface area contributed by atoms with E-state index in [4.69, 9.17) is 14.2 Å². The molecular formula is C74H144O6. The number of esters is 3.